The average molecular weight is 276 g/mol. The van der Waals surface area contributed by atoms with Crippen molar-refractivity contribution < 1.29 is 4.74 Å². The SMILES string of the molecule is CCCc1nc(COc2ccccc2)sc1C(C)N. The number of nitrogens with two attached hydrogens (primary N) is 1. The molecule has 0 aliphatic rings. The van der Waals surface area contributed by atoms with Crippen molar-refractivity contribution in [2.24, 2.45) is 5.73 Å². The zero-order chi connectivity index (χ0) is 13.7. The van der Waals surface area contributed by atoms with Gasteiger partial charge < -0.3 is 10.5 Å². The summed E-state index contributed by atoms with van der Waals surface area (Å²) in [5, 5.41) is 1.000. The van der Waals surface area contributed by atoms with E-state index < -0.39 is 0 Å². The maximum absolute atomic E-state index is 6.00. The van der Waals surface area contributed by atoms with Crippen LogP contribution in [0.1, 0.15) is 41.9 Å². The molecule has 0 amide bonds. The van der Waals surface area contributed by atoms with Gasteiger partial charge in [0, 0.05) is 10.9 Å². The number of benzene rings is 1. The quantitative estimate of drug-likeness (QED) is 0.875. The number of ether oxygens (including phenoxy) is 1. The van der Waals surface area contributed by atoms with Crippen LogP contribution in [0.25, 0.3) is 0 Å². The van der Waals surface area contributed by atoms with Gasteiger partial charge in [-0.3, -0.25) is 0 Å². The zero-order valence-electron chi connectivity index (χ0n) is 11.4. The largest absolute Gasteiger partial charge is 0.486 e. The molecule has 0 aliphatic heterocycles. The molecule has 1 aromatic heterocycles. The second-order valence-electron chi connectivity index (χ2n) is 4.56. The molecule has 0 aliphatic carbocycles. The lowest BCUT2D eigenvalue weighted by atomic mass is 10.2. The number of nitrogens with zero attached hydrogens (tertiary/aromatic N) is 1. The standard InChI is InChI=1S/C15H20N2OS/c1-3-7-13-15(11(2)16)19-14(17-13)10-18-12-8-5-4-6-9-12/h4-6,8-9,11H,3,7,10,16H2,1-2H3. The van der Waals surface area contributed by atoms with Gasteiger partial charge in [-0.15, -0.1) is 11.3 Å². The molecule has 1 heterocycles. The van der Waals surface area contributed by atoms with Gasteiger partial charge in [-0.05, 0) is 25.5 Å². The summed E-state index contributed by atoms with van der Waals surface area (Å²) in [7, 11) is 0. The molecule has 4 heteroatoms. The van der Waals surface area contributed by atoms with Gasteiger partial charge in [0.05, 0.1) is 5.69 Å². The summed E-state index contributed by atoms with van der Waals surface area (Å²) in [6, 6.07) is 9.86. The average Bonchev–Trinajstić information content (AvgIpc) is 2.81. The monoisotopic (exact) mass is 276 g/mol. The van der Waals surface area contributed by atoms with Gasteiger partial charge in [-0.25, -0.2) is 4.98 Å². The Balaban J connectivity index is 2.06. The zero-order valence-corrected chi connectivity index (χ0v) is 12.2. The van der Waals surface area contributed by atoms with Gasteiger partial charge in [-0.1, -0.05) is 31.5 Å². The normalized spacial score (nSPS) is 12.4. The first-order valence-electron chi connectivity index (χ1n) is 6.62. The van der Waals surface area contributed by atoms with E-state index in [2.05, 4.69) is 11.9 Å². The summed E-state index contributed by atoms with van der Waals surface area (Å²) < 4.78 is 5.73. The number of aryl methyl sites for hydroxylation is 1. The predicted molar refractivity (Wildman–Crippen MR) is 79.5 cm³/mol. The molecular weight excluding hydrogens is 256 g/mol. The van der Waals surface area contributed by atoms with Gasteiger partial charge >= 0.3 is 0 Å². The molecule has 19 heavy (non-hydrogen) atoms. The molecule has 1 aromatic carbocycles. The Kier molecular flexibility index (Phi) is 4.93. The minimum Gasteiger partial charge on any atom is -0.486 e. The van der Waals surface area contributed by atoms with Crippen LogP contribution >= 0.6 is 11.3 Å². The van der Waals surface area contributed by atoms with E-state index in [-0.39, 0.29) is 6.04 Å². The molecule has 102 valence electrons. The minimum atomic E-state index is 0.0459. The molecule has 0 saturated carbocycles. The second kappa shape index (κ2) is 6.68. The first kappa shape index (κ1) is 14.0. The highest BCUT2D eigenvalue weighted by Crippen LogP contribution is 2.26. The summed E-state index contributed by atoms with van der Waals surface area (Å²) in [4.78, 5) is 5.84. The van der Waals surface area contributed by atoms with Gasteiger partial charge in [-0.2, -0.15) is 0 Å². The summed E-state index contributed by atoms with van der Waals surface area (Å²) in [5.74, 6) is 0.872. The van der Waals surface area contributed by atoms with Crippen molar-refractivity contribution in [3.8, 4) is 5.75 Å². The third-order valence-electron chi connectivity index (χ3n) is 2.78. The van der Waals surface area contributed by atoms with Crippen molar-refractivity contribution in [3.05, 3.63) is 45.9 Å². The molecule has 2 N–H and O–H groups in total. The number of para-hydroxylation sites is 1. The number of aromatic nitrogens is 1. The highest BCUT2D eigenvalue weighted by molar-refractivity contribution is 7.11. The molecule has 1 unspecified atom stereocenters. The number of hydrogen-bond acceptors (Lipinski definition) is 4. The fraction of sp³-hybridized carbons (Fsp3) is 0.400. The van der Waals surface area contributed by atoms with E-state index in [4.69, 9.17) is 10.5 Å². The number of thiazole rings is 1. The van der Waals surface area contributed by atoms with Crippen LogP contribution in [-0.2, 0) is 13.0 Å². The van der Waals surface area contributed by atoms with E-state index in [1.807, 2.05) is 37.3 Å². The molecule has 0 saturated heterocycles. The van der Waals surface area contributed by atoms with Crippen molar-refractivity contribution in [1.29, 1.82) is 0 Å². The van der Waals surface area contributed by atoms with Crippen LogP contribution in [0.4, 0.5) is 0 Å². The Morgan fingerprint density at radius 3 is 2.68 bits per heavy atom. The molecule has 2 rings (SSSR count). The van der Waals surface area contributed by atoms with E-state index in [1.165, 1.54) is 4.88 Å². The van der Waals surface area contributed by atoms with E-state index in [1.54, 1.807) is 11.3 Å². The third kappa shape index (κ3) is 3.78. The maximum Gasteiger partial charge on any atom is 0.140 e. The molecule has 3 nitrogen and oxygen atoms in total. The predicted octanol–water partition coefficient (Wildman–Crippen LogP) is 3.69. The van der Waals surface area contributed by atoms with Crippen LogP contribution in [0.15, 0.2) is 30.3 Å². The van der Waals surface area contributed by atoms with Gasteiger partial charge in [0.1, 0.15) is 17.4 Å². The van der Waals surface area contributed by atoms with Crippen LogP contribution < -0.4 is 10.5 Å². The van der Waals surface area contributed by atoms with Crippen molar-refractivity contribution in [1.82, 2.24) is 4.98 Å². The van der Waals surface area contributed by atoms with Crippen molar-refractivity contribution in [2.75, 3.05) is 0 Å². The highest BCUT2D eigenvalue weighted by Gasteiger charge is 2.14. The molecule has 1 atom stereocenters. The molecular formula is C15H20N2OS. The third-order valence-corrected chi connectivity index (χ3v) is 4.05. The van der Waals surface area contributed by atoms with Crippen LogP contribution in [0.2, 0.25) is 0 Å². The summed E-state index contributed by atoms with van der Waals surface area (Å²) >= 11 is 1.67. The van der Waals surface area contributed by atoms with Crippen LogP contribution in [0, 0.1) is 0 Å². The van der Waals surface area contributed by atoms with E-state index in [0.717, 1.165) is 29.3 Å². The van der Waals surface area contributed by atoms with Gasteiger partial charge in [0.2, 0.25) is 0 Å². The topological polar surface area (TPSA) is 48.1 Å². The Labute approximate surface area is 118 Å². The number of rotatable bonds is 6. The molecule has 2 aromatic rings. The van der Waals surface area contributed by atoms with Crippen molar-refractivity contribution in [2.45, 2.75) is 39.3 Å². The van der Waals surface area contributed by atoms with E-state index in [9.17, 15) is 0 Å². The Morgan fingerprint density at radius 2 is 2.05 bits per heavy atom. The van der Waals surface area contributed by atoms with Crippen LogP contribution in [0.5, 0.6) is 5.75 Å². The lowest BCUT2D eigenvalue weighted by Gasteiger charge is -2.03. The molecule has 0 spiro atoms. The van der Waals surface area contributed by atoms with Crippen LogP contribution in [0.3, 0.4) is 0 Å². The highest BCUT2D eigenvalue weighted by atomic mass is 32.1. The second-order valence-corrected chi connectivity index (χ2v) is 5.67. The van der Waals surface area contributed by atoms with E-state index >= 15 is 0 Å². The van der Waals surface area contributed by atoms with Gasteiger partial charge in [0.15, 0.2) is 0 Å². The fourth-order valence-electron chi connectivity index (χ4n) is 1.91. The van der Waals surface area contributed by atoms with Crippen LogP contribution in [-0.4, -0.2) is 4.98 Å². The van der Waals surface area contributed by atoms with E-state index in [0.29, 0.717) is 6.61 Å². The molecule has 0 fully saturated rings. The fourth-order valence-corrected chi connectivity index (χ4v) is 2.89. The summed E-state index contributed by atoms with van der Waals surface area (Å²) in [5.41, 5.74) is 7.13. The first-order chi connectivity index (χ1) is 9.20. The Bertz CT molecular complexity index is 508. The lowest BCUT2D eigenvalue weighted by Crippen LogP contribution is -2.05. The lowest BCUT2D eigenvalue weighted by molar-refractivity contribution is 0.305. The minimum absolute atomic E-state index is 0.0459. The molecule has 0 radical (unpaired) electrons. The molecule has 0 bridgehead atoms. The van der Waals surface area contributed by atoms with Crippen molar-refractivity contribution in [3.63, 3.8) is 0 Å². The first-order valence-corrected chi connectivity index (χ1v) is 7.44. The smallest absolute Gasteiger partial charge is 0.140 e. The van der Waals surface area contributed by atoms with Crippen molar-refractivity contribution >= 4 is 11.3 Å². The summed E-state index contributed by atoms with van der Waals surface area (Å²) in [6.45, 7) is 4.68. The maximum atomic E-state index is 6.00. The number of hydrogen-bond donors (Lipinski definition) is 1. The Morgan fingerprint density at radius 1 is 1.32 bits per heavy atom. The van der Waals surface area contributed by atoms with Gasteiger partial charge in [0.25, 0.3) is 0 Å². The Hall–Kier alpha value is -1.39. The summed E-state index contributed by atoms with van der Waals surface area (Å²) in [6.07, 6.45) is 2.07.